The number of pyridine rings is 1. The van der Waals surface area contributed by atoms with Crippen LogP contribution in [0.25, 0.3) is 0 Å². The second-order valence-corrected chi connectivity index (χ2v) is 11.9. The van der Waals surface area contributed by atoms with E-state index in [2.05, 4.69) is 31.5 Å². The number of amides is 2. The van der Waals surface area contributed by atoms with Crippen LogP contribution in [0.4, 0.5) is 17.1 Å². The average molecular weight is 642 g/mol. The van der Waals surface area contributed by atoms with Crippen LogP contribution in [0, 0.1) is 5.92 Å². The van der Waals surface area contributed by atoms with Crippen LogP contribution in [0.2, 0.25) is 0 Å². The fraction of sp³-hybridized carbons (Fsp3) is 0.242. The lowest BCUT2D eigenvalue weighted by Gasteiger charge is -2.44. The Kier molecular flexibility index (Phi) is 7.14. The number of fused-ring (bicyclic) bond motifs is 5. The van der Waals surface area contributed by atoms with Crippen molar-refractivity contribution in [1.29, 1.82) is 0 Å². The number of anilines is 3. The van der Waals surface area contributed by atoms with Crippen LogP contribution >= 0.6 is 15.9 Å². The van der Waals surface area contributed by atoms with E-state index < -0.39 is 0 Å². The monoisotopic (exact) mass is 640 g/mol. The van der Waals surface area contributed by atoms with Crippen molar-refractivity contribution in [1.82, 2.24) is 4.57 Å². The minimum Gasteiger partial charge on any atom is -0.486 e. The molecule has 0 aliphatic carbocycles. The van der Waals surface area contributed by atoms with Gasteiger partial charge < -0.3 is 29.6 Å². The molecule has 2 unspecified atom stereocenters. The number of carbonyl (C=O) groups excluding carboxylic acids is 2. The molecule has 9 nitrogen and oxygen atoms in total. The minimum absolute atomic E-state index is 0.0374. The molecule has 0 radical (unpaired) electrons. The number of nitrogens with one attached hydrogen (secondary N) is 2. The first-order chi connectivity index (χ1) is 20.9. The van der Waals surface area contributed by atoms with Crippen molar-refractivity contribution < 1.29 is 19.1 Å². The van der Waals surface area contributed by atoms with E-state index in [0.717, 1.165) is 24.3 Å². The summed E-state index contributed by atoms with van der Waals surface area (Å²) in [5, 5.41) is 6.01. The standard InChI is InChI=1S/C33H29BrN4O5/c34-25-5-2-1-4-24(25)33(41)36-26-15-21(32(40)35-23-9-11-29-30(16-23)43-13-12-42-29)8-10-28(26)37-17-20-14-22(19-37)27-6-3-7-31(39)38(27)18-20/h1-11,15-16,20,22H,12-14,17-19H2,(H,35,40)(H,36,41). The lowest BCUT2D eigenvalue weighted by atomic mass is 9.83. The van der Waals surface area contributed by atoms with Crippen molar-refractivity contribution in [2.75, 3.05) is 41.8 Å². The molecule has 218 valence electrons. The number of hydrogen-bond acceptors (Lipinski definition) is 6. The van der Waals surface area contributed by atoms with Crippen molar-refractivity contribution in [3.8, 4) is 11.5 Å². The Hall–Kier alpha value is -4.57. The molecule has 1 fully saturated rings. The van der Waals surface area contributed by atoms with Gasteiger partial charge in [-0.05, 0) is 76.8 Å². The Morgan fingerprint density at radius 3 is 2.51 bits per heavy atom. The highest BCUT2D eigenvalue weighted by molar-refractivity contribution is 9.10. The van der Waals surface area contributed by atoms with Crippen LogP contribution in [-0.2, 0) is 6.54 Å². The zero-order chi connectivity index (χ0) is 29.5. The van der Waals surface area contributed by atoms with E-state index in [-0.39, 0.29) is 29.2 Å². The lowest BCUT2D eigenvalue weighted by molar-refractivity contribution is 0.101. The summed E-state index contributed by atoms with van der Waals surface area (Å²) in [7, 11) is 0. The number of carbonyl (C=O) groups is 2. The third-order valence-electron chi connectivity index (χ3n) is 8.25. The lowest BCUT2D eigenvalue weighted by Crippen LogP contribution is -2.47. The molecule has 2 N–H and O–H groups in total. The van der Waals surface area contributed by atoms with E-state index in [9.17, 15) is 14.4 Å². The average Bonchev–Trinajstić information content (AvgIpc) is 3.01. The molecule has 2 atom stereocenters. The molecule has 3 aliphatic rings. The first-order valence-corrected chi connectivity index (χ1v) is 15.1. The summed E-state index contributed by atoms with van der Waals surface area (Å²) in [5.74, 6) is 1.10. The summed E-state index contributed by atoms with van der Waals surface area (Å²) < 4.78 is 13.8. The number of piperidine rings is 1. The third kappa shape index (κ3) is 5.38. The van der Waals surface area contributed by atoms with Gasteiger partial charge in [-0.2, -0.15) is 0 Å². The molecule has 1 aromatic heterocycles. The maximum atomic E-state index is 13.5. The summed E-state index contributed by atoms with van der Waals surface area (Å²) in [6, 6.07) is 23.4. The van der Waals surface area contributed by atoms with Crippen LogP contribution < -0.4 is 30.6 Å². The summed E-state index contributed by atoms with van der Waals surface area (Å²) in [6.45, 7) is 3.03. The number of nitrogens with zero attached hydrogens (tertiary/aromatic N) is 2. The second-order valence-electron chi connectivity index (χ2n) is 11.1. The van der Waals surface area contributed by atoms with Crippen molar-refractivity contribution in [2.24, 2.45) is 5.92 Å². The molecule has 7 rings (SSSR count). The predicted octanol–water partition coefficient (Wildman–Crippen LogP) is 5.51. The Labute approximate surface area is 256 Å². The molecular weight excluding hydrogens is 612 g/mol. The molecule has 3 aromatic carbocycles. The van der Waals surface area contributed by atoms with Gasteiger partial charge in [0.15, 0.2) is 11.5 Å². The third-order valence-corrected chi connectivity index (χ3v) is 8.94. The molecule has 4 aromatic rings. The second kappa shape index (κ2) is 11.3. The van der Waals surface area contributed by atoms with Crippen molar-refractivity contribution >= 4 is 44.8 Å². The molecule has 4 heterocycles. The number of benzene rings is 3. The van der Waals surface area contributed by atoms with Gasteiger partial charge in [-0.1, -0.05) is 18.2 Å². The number of ether oxygens (including phenoxy) is 2. The van der Waals surface area contributed by atoms with Crippen LogP contribution in [0.1, 0.15) is 38.7 Å². The summed E-state index contributed by atoms with van der Waals surface area (Å²) in [5.41, 5.74) is 3.92. The summed E-state index contributed by atoms with van der Waals surface area (Å²) in [6.07, 6.45) is 1.01. The minimum atomic E-state index is -0.316. The first kappa shape index (κ1) is 27.3. The van der Waals surface area contributed by atoms with Gasteiger partial charge in [-0.25, -0.2) is 0 Å². The largest absolute Gasteiger partial charge is 0.486 e. The SMILES string of the molecule is O=C(Nc1ccc2c(c1)OCCO2)c1ccc(N2CC3CC(C2)c2cccc(=O)n2C3)c(NC(=O)c2ccccc2Br)c1. The number of aromatic nitrogens is 1. The van der Waals surface area contributed by atoms with Crippen molar-refractivity contribution in [2.45, 2.75) is 18.9 Å². The normalized spacial score (nSPS) is 18.4. The quantitative estimate of drug-likeness (QED) is 0.298. The van der Waals surface area contributed by atoms with E-state index in [1.165, 1.54) is 0 Å². The zero-order valence-electron chi connectivity index (χ0n) is 23.2. The van der Waals surface area contributed by atoms with Crippen molar-refractivity contribution in [3.63, 3.8) is 0 Å². The number of halogens is 1. The predicted molar refractivity (Wildman–Crippen MR) is 168 cm³/mol. The van der Waals surface area contributed by atoms with Gasteiger partial charge in [-0.3, -0.25) is 14.4 Å². The maximum Gasteiger partial charge on any atom is 0.256 e. The molecule has 10 heteroatoms. The molecule has 2 bridgehead atoms. The molecule has 2 amide bonds. The van der Waals surface area contributed by atoms with Gasteiger partial charge in [-0.15, -0.1) is 0 Å². The van der Waals surface area contributed by atoms with Gasteiger partial charge in [0.1, 0.15) is 13.2 Å². The number of hydrogen-bond donors (Lipinski definition) is 2. The molecule has 43 heavy (non-hydrogen) atoms. The van der Waals surface area contributed by atoms with Crippen LogP contribution in [0.15, 0.2) is 88.1 Å². The molecule has 1 saturated heterocycles. The molecule has 0 saturated carbocycles. The smallest absolute Gasteiger partial charge is 0.256 e. The molecular formula is C33H29BrN4O5. The van der Waals surface area contributed by atoms with Gasteiger partial charge in [0, 0.05) is 59.1 Å². The molecule has 0 spiro atoms. The van der Waals surface area contributed by atoms with Crippen LogP contribution in [0.5, 0.6) is 11.5 Å². The van der Waals surface area contributed by atoms with Gasteiger partial charge in [0.25, 0.3) is 17.4 Å². The Morgan fingerprint density at radius 2 is 1.65 bits per heavy atom. The van der Waals surface area contributed by atoms with Gasteiger partial charge >= 0.3 is 0 Å². The van der Waals surface area contributed by atoms with Gasteiger partial charge in [0.2, 0.25) is 0 Å². The van der Waals surface area contributed by atoms with E-state index >= 15 is 0 Å². The Balaban J connectivity index is 1.20. The number of rotatable bonds is 5. The Morgan fingerprint density at radius 1 is 0.814 bits per heavy atom. The highest BCUT2D eigenvalue weighted by Crippen LogP contribution is 2.40. The fourth-order valence-electron chi connectivity index (χ4n) is 6.31. The van der Waals surface area contributed by atoms with Crippen molar-refractivity contribution in [3.05, 3.63) is 111 Å². The van der Waals surface area contributed by atoms with Gasteiger partial charge in [0.05, 0.1) is 16.9 Å². The van der Waals surface area contributed by atoms with E-state index in [1.54, 1.807) is 42.5 Å². The summed E-state index contributed by atoms with van der Waals surface area (Å²) >= 11 is 3.48. The molecule has 3 aliphatic heterocycles. The highest BCUT2D eigenvalue weighted by atomic mass is 79.9. The highest BCUT2D eigenvalue weighted by Gasteiger charge is 2.35. The fourth-order valence-corrected chi connectivity index (χ4v) is 6.77. The Bertz CT molecular complexity index is 1800. The maximum absolute atomic E-state index is 13.5. The van der Waals surface area contributed by atoms with E-state index in [0.29, 0.717) is 64.8 Å². The topological polar surface area (TPSA) is 102 Å². The first-order valence-electron chi connectivity index (χ1n) is 14.3. The van der Waals surface area contributed by atoms with E-state index in [4.69, 9.17) is 9.47 Å². The van der Waals surface area contributed by atoms with Crippen LogP contribution in [-0.4, -0.2) is 42.7 Å². The zero-order valence-corrected chi connectivity index (χ0v) is 24.8. The van der Waals surface area contributed by atoms with Crippen LogP contribution in [0.3, 0.4) is 0 Å². The summed E-state index contributed by atoms with van der Waals surface area (Å²) in [4.78, 5) is 41.7. The van der Waals surface area contributed by atoms with E-state index in [1.807, 2.05) is 41.0 Å².